The van der Waals surface area contributed by atoms with Crippen LogP contribution in [0.2, 0.25) is 0 Å². The summed E-state index contributed by atoms with van der Waals surface area (Å²) in [6, 6.07) is 28.8. The molecule has 0 atom stereocenters. The average molecular weight is 340 g/mol. The molecule has 0 spiro atoms. The van der Waals surface area contributed by atoms with E-state index in [2.05, 4.69) is 47.2 Å². The maximum atomic E-state index is 5.26. The monoisotopic (exact) mass is 340 g/mol. The Kier molecular flexibility index (Phi) is 4.52. The van der Waals surface area contributed by atoms with Gasteiger partial charge in [-0.1, -0.05) is 60.7 Å². The molecule has 4 rings (SSSR count). The molecule has 0 unspecified atom stereocenters. The van der Waals surface area contributed by atoms with E-state index in [0.29, 0.717) is 0 Å². The van der Waals surface area contributed by atoms with Gasteiger partial charge >= 0.3 is 0 Å². The van der Waals surface area contributed by atoms with Crippen LogP contribution in [0.3, 0.4) is 0 Å². The summed E-state index contributed by atoms with van der Waals surface area (Å²) in [4.78, 5) is 4.92. The summed E-state index contributed by atoms with van der Waals surface area (Å²) in [5.41, 5.74) is 4.41. The second-order valence-electron chi connectivity index (χ2n) is 6.16. The van der Waals surface area contributed by atoms with Crippen molar-refractivity contribution in [1.29, 1.82) is 0 Å². The first-order valence-electron chi connectivity index (χ1n) is 8.64. The summed E-state index contributed by atoms with van der Waals surface area (Å²) in [5.74, 6) is 1.82. The zero-order chi connectivity index (χ0) is 17.8. The maximum absolute atomic E-state index is 5.26. The van der Waals surface area contributed by atoms with Crippen LogP contribution in [0.5, 0.6) is 5.75 Å². The Labute approximate surface area is 153 Å². The van der Waals surface area contributed by atoms with E-state index in [1.807, 2.05) is 48.5 Å². The van der Waals surface area contributed by atoms with Crippen molar-refractivity contribution < 1.29 is 4.74 Å². The van der Waals surface area contributed by atoms with E-state index in [-0.39, 0.29) is 0 Å². The molecule has 128 valence electrons. The van der Waals surface area contributed by atoms with Gasteiger partial charge in [-0.25, -0.2) is 4.98 Å². The molecule has 26 heavy (non-hydrogen) atoms. The van der Waals surface area contributed by atoms with Crippen LogP contribution in [0.4, 0.5) is 0 Å². The Bertz CT molecular complexity index is 974. The summed E-state index contributed by atoms with van der Waals surface area (Å²) in [6.07, 6.45) is 2.12. The topological polar surface area (TPSA) is 27.1 Å². The number of imidazole rings is 1. The molecular weight excluding hydrogens is 320 g/mol. The van der Waals surface area contributed by atoms with E-state index in [0.717, 1.165) is 34.9 Å². The Morgan fingerprint density at radius 2 is 1.42 bits per heavy atom. The van der Waals surface area contributed by atoms with E-state index >= 15 is 0 Å². The van der Waals surface area contributed by atoms with E-state index in [1.54, 1.807) is 7.11 Å². The number of ether oxygens (including phenoxy) is 1. The summed E-state index contributed by atoms with van der Waals surface area (Å²) in [5, 5.41) is 0. The standard InChI is InChI=1S/C23H20N2O/c1-26-21-14-12-19(13-15-21)22-17-25(16-18-8-4-2-5-9-18)23(24-22)20-10-6-3-7-11-20/h2-15,17H,16H2,1H3. The molecule has 0 N–H and O–H groups in total. The fourth-order valence-electron chi connectivity index (χ4n) is 3.04. The molecule has 1 heterocycles. The lowest BCUT2D eigenvalue weighted by atomic mass is 10.1. The van der Waals surface area contributed by atoms with Crippen LogP contribution >= 0.6 is 0 Å². The number of rotatable bonds is 5. The highest BCUT2D eigenvalue weighted by Crippen LogP contribution is 2.27. The Morgan fingerprint density at radius 3 is 2.08 bits per heavy atom. The largest absolute Gasteiger partial charge is 0.497 e. The maximum Gasteiger partial charge on any atom is 0.140 e. The van der Waals surface area contributed by atoms with Gasteiger partial charge in [0.15, 0.2) is 0 Å². The molecule has 4 aromatic rings. The molecule has 3 nitrogen and oxygen atoms in total. The molecule has 1 aromatic heterocycles. The molecule has 0 aliphatic heterocycles. The van der Waals surface area contributed by atoms with Crippen molar-refractivity contribution in [3.8, 4) is 28.4 Å². The van der Waals surface area contributed by atoms with Gasteiger partial charge < -0.3 is 9.30 Å². The van der Waals surface area contributed by atoms with Crippen LogP contribution in [0.25, 0.3) is 22.6 Å². The zero-order valence-electron chi connectivity index (χ0n) is 14.7. The molecule has 0 saturated carbocycles. The van der Waals surface area contributed by atoms with Crippen LogP contribution in [-0.2, 0) is 6.54 Å². The highest BCUT2D eigenvalue weighted by molar-refractivity contribution is 5.65. The average Bonchev–Trinajstić information content (AvgIpc) is 3.13. The summed E-state index contributed by atoms with van der Waals surface area (Å²) in [6.45, 7) is 0.786. The number of benzene rings is 3. The normalized spacial score (nSPS) is 10.7. The summed E-state index contributed by atoms with van der Waals surface area (Å²) >= 11 is 0. The molecule has 0 amide bonds. The molecule has 0 aliphatic carbocycles. The molecule has 0 bridgehead atoms. The van der Waals surface area contributed by atoms with E-state index < -0.39 is 0 Å². The molecule has 0 saturated heterocycles. The highest BCUT2D eigenvalue weighted by atomic mass is 16.5. The van der Waals surface area contributed by atoms with Gasteiger partial charge in [0, 0.05) is 23.9 Å². The van der Waals surface area contributed by atoms with Crippen LogP contribution < -0.4 is 4.74 Å². The van der Waals surface area contributed by atoms with Gasteiger partial charge in [0.25, 0.3) is 0 Å². The van der Waals surface area contributed by atoms with Gasteiger partial charge in [0.2, 0.25) is 0 Å². The molecular formula is C23H20N2O. The van der Waals surface area contributed by atoms with Crippen LogP contribution in [-0.4, -0.2) is 16.7 Å². The molecule has 0 fully saturated rings. The SMILES string of the molecule is COc1ccc(-c2cn(Cc3ccccc3)c(-c3ccccc3)n2)cc1. The molecule has 0 aliphatic rings. The van der Waals surface area contributed by atoms with Crippen molar-refractivity contribution >= 4 is 0 Å². The minimum atomic E-state index is 0.786. The third-order valence-corrected chi connectivity index (χ3v) is 4.39. The van der Waals surface area contributed by atoms with E-state index in [4.69, 9.17) is 9.72 Å². The molecule has 3 aromatic carbocycles. The number of aromatic nitrogens is 2. The van der Waals surface area contributed by atoms with Crippen LogP contribution in [0.15, 0.2) is 91.1 Å². The van der Waals surface area contributed by atoms with E-state index in [9.17, 15) is 0 Å². The van der Waals surface area contributed by atoms with Gasteiger partial charge in [-0.2, -0.15) is 0 Å². The van der Waals surface area contributed by atoms with E-state index in [1.165, 1.54) is 5.56 Å². The van der Waals surface area contributed by atoms with Gasteiger partial charge in [0.05, 0.1) is 12.8 Å². The third-order valence-electron chi connectivity index (χ3n) is 4.39. The van der Waals surface area contributed by atoms with Crippen molar-refractivity contribution in [2.24, 2.45) is 0 Å². The van der Waals surface area contributed by atoms with Crippen LogP contribution in [0.1, 0.15) is 5.56 Å². The lowest BCUT2D eigenvalue weighted by molar-refractivity contribution is 0.415. The fraction of sp³-hybridized carbons (Fsp3) is 0.0870. The van der Waals surface area contributed by atoms with Gasteiger partial charge in [-0.3, -0.25) is 0 Å². The van der Waals surface area contributed by atoms with Crippen molar-refractivity contribution in [3.05, 3.63) is 96.7 Å². The Morgan fingerprint density at radius 1 is 0.769 bits per heavy atom. The Balaban J connectivity index is 1.76. The molecule has 3 heteroatoms. The first-order chi connectivity index (χ1) is 12.8. The van der Waals surface area contributed by atoms with Gasteiger partial charge in [0.1, 0.15) is 11.6 Å². The van der Waals surface area contributed by atoms with Gasteiger partial charge in [-0.15, -0.1) is 0 Å². The van der Waals surface area contributed by atoms with Crippen molar-refractivity contribution in [2.75, 3.05) is 7.11 Å². The minimum Gasteiger partial charge on any atom is -0.497 e. The minimum absolute atomic E-state index is 0.786. The number of hydrogen-bond donors (Lipinski definition) is 0. The third kappa shape index (κ3) is 3.38. The smallest absolute Gasteiger partial charge is 0.140 e. The lowest BCUT2D eigenvalue weighted by Gasteiger charge is -2.07. The number of nitrogens with zero attached hydrogens (tertiary/aromatic N) is 2. The predicted octanol–water partition coefficient (Wildman–Crippen LogP) is 5.27. The highest BCUT2D eigenvalue weighted by Gasteiger charge is 2.12. The zero-order valence-corrected chi connectivity index (χ0v) is 14.7. The molecule has 0 radical (unpaired) electrons. The first kappa shape index (κ1) is 16.2. The van der Waals surface area contributed by atoms with Crippen LogP contribution in [0, 0.1) is 0 Å². The Hall–Kier alpha value is -3.33. The predicted molar refractivity (Wildman–Crippen MR) is 105 cm³/mol. The first-order valence-corrected chi connectivity index (χ1v) is 8.64. The second kappa shape index (κ2) is 7.28. The van der Waals surface area contributed by atoms with Gasteiger partial charge in [-0.05, 0) is 29.8 Å². The van der Waals surface area contributed by atoms with Crippen molar-refractivity contribution in [2.45, 2.75) is 6.54 Å². The number of methoxy groups -OCH3 is 1. The summed E-state index contributed by atoms with van der Waals surface area (Å²) in [7, 11) is 1.68. The second-order valence-corrected chi connectivity index (χ2v) is 6.16. The van der Waals surface area contributed by atoms with Crippen molar-refractivity contribution in [1.82, 2.24) is 9.55 Å². The lowest BCUT2D eigenvalue weighted by Crippen LogP contribution is -2.00. The summed E-state index contributed by atoms with van der Waals surface area (Å²) < 4.78 is 7.47. The fourth-order valence-corrected chi connectivity index (χ4v) is 3.04. The quantitative estimate of drug-likeness (QED) is 0.494. The van der Waals surface area contributed by atoms with Crippen molar-refractivity contribution in [3.63, 3.8) is 0 Å². The number of hydrogen-bond acceptors (Lipinski definition) is 2.